The van der Waals surface area contributed by atoms with Crippen LogP contribution in [-0.4, -0.2) is 39.2 Å². The van der Waals surface area contributed by atoms with Crippen LogP contribution in [0.1, 0.15) is 22.6 Å². The monoisotopic (exact) mass is 430 g/mol. The van der Waals surface area contributed by atoms with Crippen LogP contribution in [0.3, 0.4) is 0 Å². The number of sulfone groups is 1. The summed E-state index contributed by atoms with van der Waals surface area (Å²) in [6.07, 6.45) is 3.12. The van der Waals surface area contributed by atoms with Crippen molar-refractivity contribution in [3.63, 3.8) is 0 Å². The fourth-order valence-electron chi connectivity index (χ4n) is 3.12. The molecule has 0 amide bonds. The third-order valence-electron chi connectivity index (χ3n) is 4.52. The van der Waals surface area contributed by atoms with E-state index in [1.54, 1.807) is 24.5 Å². The minimum atomic E-state index is -3.19. The first-order valence-electron chi connectivity index (χ1n) is 9.45. The van der Waals surface area contributed by atoms with E-state index >= 15 is 0 Å². The number of hydrogen-bond acceptors (Lipinski definition) is 5. The van der Waals surface area contributed by atoms with E-state index in [4.69, 9.17) is 0 Å². The molecule has 3 aromatic rings. The molecule has 3 rings (SSSR count). The highest BCUT2D eigenvalue weighted by Crippen LogP contribution is 2.22. The van der Waals surface area contributed by atoms with E-state index < -0.39 is 9.84 Å². The van der Waals surface area contributed by atoms with E-state index in [9.17, 15) is 8.42 Å². The first-order valence-corrected chi connectivity index (χ1v) is 12.2. The first kappa shape index (κ1) is 21.3. The molecule has 154 valence electrons. The molecule has 0 saturated carbocycles. The summed E-state index contributed by atoms with van der Waals surface area (Å²) in [6, 6.07) is 13.6. The second-order valence-electron chi connectivity index (χ2n) is 6.90. The van der Waals surface area contributed by atoms with E-state index in [1.165, 1.54) is 11.0 Å². The number of nitrogens with one attached hydrogen (secondary N) is 2. The van der Waals surface area contributed by atoms with Gasteiger partial charge in [0.05, 0.1) is 20.1 Å². The lowest BCUT2D eigenvalue weighted by Crippen LogP contribution is -2.37. The van der Waals surface area contributed by atoms with Crippen LogP contribution in [0.5, 0.6) is 0 Å². The number of nitrogens with zero attached hydrogens (tertiary/aromatic N) is 2. The van der Waals surface area contributed by atoms with Gasteiger partial charge in [-0.1, -0.05) is 24.3 Å². The maximum absolute atomic E-state index is 11.7. The SMILES string of the molecule is CN=C(NCCCc1nc2ccccc2s1)NCc1ccc(S(C)(=O)=O)c(C)c1. The van der Waals surface area contributed by atoms with Crippen LogP contribution >= 0.6 is 11.3 Å². The fraction of sp³-hybridized carbons (Fsp3) is 0.333. The lowest BCUT2D eigenvalue weighted by molar-refractivity contribution is 0.601. The van der Waals surface area contributed by atoms with Gasteiger partial charge in [0.15, 0.2) is 15.8 Å². The average molecular weight is 431 g/mol. The third-order valence-corrected chi connectivity index (χ3v) is 6.87. The highest BCUT2D eigenvalue weighted by atomic mass is 32.2. The van der Waals surface area contributed by atoms with Gasteiger partial charge in [-0.3, -0.25) is 4.99 Å². The number of aliphatic imine (C=N–C) groups is 1. The number of hydrogen-bond donors (Lipinski definition) is 2. The molecule has 2 aromatic carbocycles. The van der Waals surface area contributed by atoms with Crippen LogP contribution in [0.15, 0.2) is 52.4 Å². The van der Waals surface area contributed by atoms with Gasteiger partial charge in [0.2, 0.25) is 0 Å². The Labute approximate surface area is 176 Å². The summed E-state index contributed by atoms with van der Waals surface area (Å²) in [6.45, 7) is 3.18. The Morgan fingerprint density at radius 3 is 2.66 bits per heavy atom. The zero-order chi connectivity index (χ0) is 20.9. The van der Waals surface area contributed by atoms with Crippen LogP contribution in [-0.2, 0) is 22.8 Å². The number of benzene rings is 2. The molecule has 8 heteroatoms. The molecule has 0 saturated heterocycles. The van der Waals surface area contributed by atoms with Crippen molar-refractivity contribution in [2.45, 2.75) is 31.2 Å². The molecule has 6 nitrogen and oxygen atoms in total. The van der Waals surface area contributed by atoms with Crippen LogP contribution in [0.2, 0.25) is 0 Å². The number of aryl methyl sites for hydroxylation is 2. The van der Waals surface area contributed by atoms with E-state index in [0.717, 1.165) is 47.0 Å². The van der Waals surface area contributed by atoms with Gasteiger partial charge >= 0.3 is 0 Å². The Kier molecular flexibility index (Phi) is 6.87. The third kappa shape index (κ3) is 5.77. The molecule has 0 fully saturated rings. The van der Waals surface area contributed by atoms with Crippen molar-refractivity contribution in [1.82, 2.24) is 15.6 Å². The van der Waals surface area contributed by atoms with Crippen molar-refractivity contribution < 1.29 is 8.42 Å². The first-order chi connectivity index (χ1) is 13.9. The minimum Gasteiger partial charge on any atom is -0.356 e. The van der Waals surface area contributed by atoms with E-state index in [-0.39, 0.29) is 0 Å². The van der Waals surface area contributed by atoms with Crippen molar-refractivity contribution in [1.29, 1.82) is 0 Å². The smallest absolute Gasteiger partial charge is 0.191 e. The normalized spacial score (nSPS) is 12.3. The lowest BCUT2D eigenvalue weighted by atomic mass is 10.1. The Morgan fingerprint density at radius 2 is 1.97 bits per heavy atom. The Morgan fingerprint density at radius 1 is 1.17 bits per heavy atom. The molecule has 0 aliphatic rings. The molecule has 0 aliphatic carbocycles. The van der Waals surface area contributed by atoms with Crippen LogP contribution in [0.25, 0.3) is 10.2 Å². The van der Waals surface area contributed by atoms with Crippen molar-refractivity contribution in [2.75, 3.05) is 19.8 Å². The lowest BCUT2D eigenvalue weighted by Gasteiger charge is -2.13. The maximum Gasteiger partial charge on any atom is 0.191 e. The van der Waals surface area contributed by atoms with Crippen LogP contribution in [0, 0.1) is 6.92 Å². The largest absolute Gasteiger partial charge is 0.356 e. The quantitative estimate of drug-likeness (QED) is 0.341. The van der Waals surface area contributed by atoms with Crippen molar-refractivity contribution >= 4 is 37.4 Å². The molecule has 0 aliphatic heterocycles. The second kappa shape index (κ2) is 9.37. The van der Waals surface area contributed by atoms with E-state index in [0.29, 0.717) is 11.4 Å². The van der Waals surface area contributed by atoms with Crippen molar-refractivity contribution in [2.24, 2.45) is 4.99 Å². The van der Waals surface area contributed by atoms with Crippen LogP contribution < -0.4 is 10.6 Å². The van der Waals surface area contributed by atoms with Gasteiger partial charge in [0, 0.05) is 32.8 Å². The molecule has 0 unspecified atom stereocenters. The highest BCUT2D eigenvalue weighted by molar-refractivity contribution is 7.90. The second-order valence-corrected chi connectivity index (χ2v) is 10.0. The number of rotatable bonds is 7. The van der Waals surface area contributed by atoms with Gasteiger partial charge in [0.25, 0.3) is 0 Å². The summed E-state index contributed by atoms with van der Waals surface area (Å²) < 4.78 is 24.7. The van der Waals surface area contributed by atoms with Gasteiger partial charge in [0.1, 0.15) is 0 Å². The predicted octanol–water partition coefficient (Wildman–Crippen LogP) is 3.31. The molecule has 1 heterocycles. The summed E-state index contributed by atoms with van der Waals surface area (Å²) in [4.78, 5) is 9.28. The summed E-state index contributed by atoms with van der Waals surface area (Å²) in [7, 11) is -1.46. The van der Waals surface area contributed by atoms with Gasteiger partial charge in [-0.25, -0.2) is 13.4 Å². The van der Waals surface area contributed by atoms with Crippen molar-refractivity contribution in [3.8, 4) is 0 Å². The minimum absolute atomic E-state index is 0.374. The molecule has 0 bridgehead atoms. The van der Waals surface area contributed by atoms with Gasteiger partial charge in [-0.2, -0.15) is 0 Å². The summed E-state index contributed by atoms with van der Waals surface area (Å²) in [5, 5.41) is 7.73. The molecule has 29 heavy (non-hydrogen) atoms. The fourth-order valence-corrected chi connectivity index (χ4v) is 5.09. The van der Waals surface area contributed by atoms with E-state index in [1.807, 2.05) is 37.3 Å². The number of para-hydroxylation sites is 1. The topological polar surface area (TPSA) is 83.4 Å². The van der Waals surface area contributed by atoms with Crippen molar-refractivity contribution in [3.05, 3.63) is 58.6 Å². The maximum atomic E-state index is 11.7. The zero-order valence-corrected chi connectivity index (χ0v) is 18.5. The predicted molar refractivity (Wildman–Crippen MR) is 120 cm³/mol. The molecule has 1 aromatic heterocycles. The summed E-state index contributed by atoms with van der Waals surface area (Å²) in [5.74, 6) is 0.721. The number of fused-ring (bicyclic) bond motifs is 1. The molecule has 0 radical (unpaired) electrons. The van der Waals surface area contributed by atoms with Crippen LogP contribution in [0.4, 0.5) is 0 Å². The average Bonchev–Trinajstić information content (AvgIpc) is 3.09. The molecule has 0 spiro atoms. The standard InChI is InChI=1S/C21H26N4O2S2/c1-15-13-16(10-11-19(15)29(3,26)27)14-24-21(22-2)23-12-6-9-20-25-17-7-4-5-8-18(17)28-20/h4-5,7-8,10-11,13H,6,9,12,14H2,1-3H3,(H2,22,23,24). The molecular formula is C21H26N4O2S2. The number of thiazole rings is 1. The Balaban J connectivity index is 1.46. The molecular weight excluding hydrogens is 404 g/mol. The Bertz CT molecular complexity index is 1090. The zero-order valence-electron chi connectivity index (χ0n) is 16.9. The molecule has 2 N–H and O–H groups in total. The molecule has 0 atom stereocenters. The van der Waals surface area contributed by atoms with Gasteiger partial charge in [-0.05, 0) is 42.7 Å². The summed E-state index contributed by atoms with van der Waals surface area (Å²) >= 11 is 1.75. The number of aromatic nitrogens is 1. The highest BCUT2D eigenvalue weighted by Gasteiger charge is 2.11. The Hall–Kier alpha value is -2.45. The number of guanidine groups is 1. The van der Waals surface area contributed by atoms with Gasteiger partial charge in [-0.15, -0.1) is 11.3 Å². The summed E-state index contributed by atoms with van der Waals surface area (Å²) in [5.41, 5.74) is 2.83. The van der Waals surface area contributed by atoms with E-state index in [2.05, 4.69) is 26.7 Å². The van der Waals surface area contributed by atoms with Gasteiger partial charge < -0.3 is 10.6 Å².